The molecule has 4 heteroatoms. The average molecular weight is 243 g/mol. The molecule has 1 aromatic carbocycles. The molecule has 0 spiro atoms. The van der Waals surface area contributed by atoms with E-state index in [4.69, 9.17) is 5.73 Å². The normalized spacial score (nSPS) is 10.6. The summed E-state index contributed by atoms with van der Waals surface area (Å²) in [7, 11) is 0. The molecule has 0 radical (unpaired) electrons. The molecule has 18 heavy (non-hydrogen) atoms. The van der Waals surface area contributed by atoms with Gasteiger partial charge in [0.25, 0.3) is 5.91 Å². The lowest BCUT2D eigenvalue weighted by Gasteiger charge is -2.09. The first-order valence-corrected chi connectivity index (χ1v) is 6.14. The molecule has 0 unspecified atom stereocenters. The summed E-state index contributed by atoms with van der Waals surface area (Å²) in [5.74, 6) is -0.429. The Kier molecular flexibility index (Phi) is 3.46. The van der Waals surface area contributed by atoms with Gasteiger partial charge in [-0.2, -0.15) is 5.10 Å². The van der Waals surface area contributed by atoms with E-state index in [-0.39, 0.29) is 0 Å². The van der Waals surface area contributed by atoms with Gasteiger partial charge in [-0.1, -0.05) is 26.0 Å². The number of nitrogens with zero attached hydrogens (tertiary/aromatic N) is 2. The summed E-state index contributed by atoms with van der Waals surface area (Å²) in [4.78, 5) is 11.5. The van der Waals surface area contributed by atoms with E-state index in [1.54, 1.807) is 12.1 Å². The molecular formula is C14H17N3O. The maximum absolute atomic E-state index is 11.5. The van der Waals surface area contributed by atoms with Gasteiger partial charge in [0.2, 0.25) is 0 Å². The number of aryl methyl sites for hydroxylation is 2. The fourth-order valence-electron chi connectivity index (χ4n) is 1.97. The van der Waals surface area contributed by atoms with Crippen molar-refractivity contribution in [3.8, 4) is 5.69 Å². The maximum Gasteiger partial charge on any atom is 0.250 e. The Morgan fingerprint density at radius 2 is 2.00 bits per heavy atom. The number of aromatic nitrogens is 2. The molecule has 94 valence electrons. The third kappa shape index (κ3) is 2.14. The van der Waals surface area contributed by atoms with Gasteiger partial charge in [-0.3, -0.25) is 4.79 Å². The van der Waals surface area contributed by atoms with Crippen molar-refractivity contribution in [2.75, 3.05) is 0 Å². The van der Waals surface area contributed by atoms with Crippen LogP contribution in [0.2, 0.25) is 0 Å². The molecule has 0 bridgehead atoms. The summed E-state index contributed by atoms with van der Waals surface area (Å²) in [6.45, 7) is 4.13. The van der Waals surface area contributed by atoms with Crippen molar-refractivity contribution in [2.45, 2.75) is 26.7 Å². The quantitative estimate of drug-likeness (QED) is 0.893. The van der Waals surface area contributed by atoms with Crippen molar-refractivity contribution in [3.63, 3.8) is 0 Å². The van der Waals surface area contributed by atoms with Crippen LogP contribution in [0.5, 0.6) is 0 Å². The molecule has 0 saturated heterocycles. The number of carbonyl (C=O) groups is 1. The fraction of sp³-hybridized carbons (Fsp3) is 0.286. The lowest BCUT2D eigenvalue weighted by Crippen LogP contribution is -2.16. The third-order valence-electron chi connectivity index (χ3n) is 2.96. The summed E-state index contributed by atoms with van der Waals surface area (Å²) < 4.78 is 1.82. The highest BCUT2D eigenvalue weighted by molar-refractivity contribution is 5.96. The second-order valence-corrected chi connectivity index (χ2v) is 4.13. The first-order valence-electron chi connectivity index (χ1n) is 6.14. The summed E-state index contributed by atoms with van der Waals surface area (Å²) >= 11 is 0. The van der Waals surface area contributed by atoms with Crippen LogP contribution < -0.4 is 5.73 Å². The molecule has 2 aromatic rings. The van der Waals surface area contributed by atoms with Crippen molar-refractivity contribution in [2.24, 2.45) is 5.73 Å². The van der Waals surface area contributed by atoms with Gasteiger partial charge in [0.1, 0.15) is 0 Å². The first-order chi connectivity index (χ1) is 8.67. The number of nitrogens with two attached hydrogens (primary N) is 1. The Morgan fingerprint density at radius 3 is 2.61 bits per heavy atom. The molecular weight excluding hydrogens is 226 g/mol. The van der Waals surface area contributed by atoms with E-state index in [1.165, 1.54) is 0 Å². The van der Waals surface area contributed by atoms with Crippen LogP contribution in [0.4, 0.5) is 0 Å². The zero-order chi connectivity index (χ0) is 13.1. The molecule has 1 heterocycles. The Balaban J connectivity index is 2.61. The first kappa shape index (κ1) is 12.4. The van der Waals surface area contributed by atoms with E-state index < -0.39 is 5.91 Å². The molecule has 1 aromatic heterocycles. The smallest absolute Gasteiger partial charge is 0.250 e. The van der Waals surface area contributed by atoms with Crippen LogP contribution in [0.25, 0.3) is 5.69 Å². The lowest BCUT2D eigenvalue weighted by atomic mass is 10.1. The van der Waals surface area contributed by atoms with Crippen LogP contribution in [0.15, 0.2) is 30.3 Å². The highest BCUT2D eigenvalue weighted by atomic mass is 16.1. The minimum Gasteiger partial charge on any atom is -0.366 e. The number of rotatable bonds is 4. The number of para-hydroxylation sites is 1. The Labute approximate surface area is 106 Å². The predicted octanol–water partition coefficient (Wildman–Crippen LogP) is 2.10. The molecule has 4 nitrogen and oxygen atoms in total. The standard InChI is InChI=1S/C14H17N3O/c1-3-10-9-11(4-2)17(16-10)13-8-6-5-7-12(13)14(15)18/h5-9H,3-4H2,1-2H3,(H2,15,18). The van der Waals surface area contributed by atoms with E-state index in [2.05, 4.69) is 25.0 Å². The van der Waals surface area contributed by atoms with Gasteiger partial charge in [-0.15, -0.1) is 0 Å². The Morgan fingerprint density at radius 1 is 1.28 bits per heavy atom. The lowest BCUT2D eigenvalue weighted by molar-refractivity contribution is 0.1000. The number of amides is 1. The molecule has 0 fully saturated rings. The Bertz CT molecular complexity index is 572. The molecule has 0 saturated carbocycles. The van der Waals surface area contributed by atoms with Gasteiger partial charge in [0, 0.05) is 5.69 Å². The summed E-state index contributed by atoms with van der Waals surface area (Å²) in [6, 6.07) is 9.35. The zero-order valence-corrected chi connectivity index (χ0v) is 10.7. The van der Waals surface area contributed by atoms with Crippen molar-refractivity contribution in [3.05, 3.63) is 47.3 Å². The minimum atomic E-state index is -0.429. The van der Waals surface area contributed by atoms with E-state index in [0.29, 0.717) is 5.56 Å². The highest BCUT2D eigenvalue weighted by Crippen LogP contribution is 2.17. The van der Waals surface area contributed by atoms with Gasteiger partial charge in [0.05, 0.1) is 16.9 Å². The van der Waals surface area contributed by atoms with Crippen LogP contribution in [0, 0.1) is 0 Å². The predicted molar refractivity (Wildman–Crippen MR) is 70.8 cm³/mol. The SMILES string of the molecule is CCc1cc(CC)n(-c2ccccc2C(N)=O)n1. The fourth-order valence-corrected chi connectivity index (χ4v) is 1.97. The second kappa shape index (κ2) is 5.04. The van der Waals surface area contributed by atoms with E-state index >= 15 is 0 Å². The number of benzene rings is 1. The van der Waals surface area contributed by atoms with Crippen LogP contribution in [-0.4, -0.2) is 15.7 Å². The van der Waals surface area contributed by atoms with E-state index in [9.17, 15) is 4.79 Å². The number of primary amides is 1. The second-order valence-electron chi connectivity index (χ2n) is 4.13. The molecule has 0 aliphatic carbocycles. The summed E-state index contributed by atoms with van der Waals surface area (Å²) in [6.07, 6.45) is 1.73. The molecule has 0 atom stereocenters. The number of carbonyl (C=O) groups excluding carboxylic acids is 1. The number of hydrogen-bond acceptors (Lipinski definition) is 2. The van der Waals surface area contributed by atoms with E-state index in [0.717, 1.165) is 29.9 Å². The molecule has 2 rings (SSSR count). The van der Waals surface area contributed by atoms with Crippen LogP contribution in [-0.2, 0) is 12.8 Å². The van der Waals surface area contributed by atoms with Gasteiger partial charge < -0.3 is 5.73 Å². The van der Waals surface area contributed by atoms with Gasteiger partial charge >= 0.3 is 0 Å². The van der Waals surface area contributed by atoms with Crippen molar-refractivity contribution in [1.29, 1.82) is 0 Å². The van der Waals surface area contributed by atoms with Crippen molar-refractivity contribution >= 4 is 5.91 Å². The topological polar surface area (TPSA) is 60.9 Å². The molecule has 0 aliphatic rings. The van der Waals surface area contributed by atoms with Crippen LogP contribution in [0.3, 0.4) is 0 Å². The van der Waals surface area contributed by atoms with Gasteiger partial charge in [0.15, 0.2) is 0 Å². The maximum atomic E-state index is 11.5. The molecule has 2 N–H and O–H groups in total. The van der Waals surface area contributed by atoms with Gasteiger partial charge in [-0.05, 0) is 31.0 Å². The largest absolute Gasteiger partial charge is 0.366 e. The zero-order valence-electron chi connectivity index (χ0n) is 10.7. The van der Waals surface area contributed by atoms with E-state index in [1.807, 2.05) is 16.8 Å². The van der Waals surface area contributed by atoms with Crippen LogP contribution in [0.1, 0.15) is 35.6 Å². The Hall–Kier alpha value is -2.10. The third-order valence-corrected chi connectivity index (χ3v) is 2.96. The summed E-state index contributed by atoms with van der Waals surface area (Å²) in [5, 5.41) is 4.52. The monoisotopic (exact) mass is 243 g/mol. The van der Waals surface area contributed by atoms with Crippen LogP contribution >= 0.6 is 0 Å². The van der Waals surface area contributed by atoms with Crippen molar-refractivity contribution < 1.29 is 4.79 Å². The minimum absolute atomic E-state index is 0.429. The average Bonchev–Trinajstić information content (AvgIpc) is 2.81. The molecule has 1 amide bonds. The van der Waals surface area contributed by atoms with Gasteiger partial charge in [-0.25, -0.2) is 4.68 Å². The van der Waals surface area contributed by atoms with Crippen molar-refractivity contribution in [1.82, 2.24) is 9.78 Å². The highest BCUT2D eigenvalue weighted by Gasteiger charge is 2.13. The molecule has 0 aliphatic heterocycles. The number of hydrogen-bond donors (Lipinski definition) is 1. The summed E-state index contributed by atoms with van der Waals surface area (Å²) in [5.41, 5.74) is 8.76.